The van der Waals surface area contributed by atoms with Crippen molar-refractivity contribution in [1.82, 2.24) is 0 Å². The topological polar surface area (TPSA) is 27.7 Å². The Kier molecular flexibility index (Phi) is 6.94. The molecule has 2 aliphatic rings. The van der Waals surface area contributed by atoms with Gasteiger partial charge in [-0.2, -0.15) is 0 Å². The zero-order valence-corrected chi connectivity index (χ0v) is 20.5. The molecule has 0 aromatic rings. The summed E-state index contributed by atoms with van der Waals surface area (Å²) in [6.07, 6.45) is -50.8. The number of halogens is 18. The first-order chi connectivity index (χ1) is 16.5. The molecule has 0 unspecified atom stereocenters. The normalized spacial score (nSPS) is 27.7. The van der Waals surface area contributed by atoms with Gasteiger partial charge in [0.15, 0.2) is 0 Å². The number of rotatable bonds is 2. The first-order valence-electron chi connectivity index (χ1n) is 10.0. The Balaban J connectivity index is 3.38. The van der Waals surface area contributed by atoms with E-state index in [-0.39, 0.29) is 27.7 Å². The summed E-state index contributed by atoms with van der Waals surface area (Å²) in [5.74, 6) is -1.85. The van der Waals surface area contributed by atoms with Crippen LogP contribution in [-0.4, -0.2) is 64.7 Å². The molecule has 0 atom stereocenters. The molecule has 39 heavy (non-hydrogen) atoms. The van der Waals surface area contributed by atoms with E-state index in [9.17, 15) is 79.0 Å². The number of hydrogen-bond donors (Lipinski definition) is 0. The van der Waals surface area contributed by atoms with E-state index in [1.54, 1.807) is 0 Å². The zero-order chi connectivity index (χ0) is 31.7. The van der Waals surface area contributed by atoms with Gasteiger partial charge in [0.05, 0.1) is 0 Å². The predicted octanol–water partition coefficient (Wildman–Crippen LogP) is 8.78. The molecule has 2 heterocycles. The zero-order valence-electron chi connectivity index (χ0n) is 19.6. The summed E-state index contributed by atoms with van der Waals surface area (Å²) in [6.45, 7) is 1.44. The van der Waals surface area contributed by atoms with Gasteiger partial charge >= 0.3 is 205 Å². The van der Waals surface area contributed by atoms with Crippen LogP contribution in [-0.2, 0) is 13.6 Å². The van der Waals surface area contributed by atoms with Crippen LogP contribution in [0.2, 0.25) is 0 Å². The van der Waals surface area contributed by atoms with E-state index in [1.165, 1.54) is 0 Å². The van der Waals surface area contributed by atoms with Crippen LogP contribution in [0.25, 0.3) is 0 Å². The standard InChI is InChI=1S/C17H17F18O3P/c1-6-8(2,3)39(9(6,4)5,36-7(10(18,19)20)11(21,22)23)37-12(14(24,25)26,15(27,28)29)13(38-39,16(30,31)32)17(33,34)35/h6-7H,1-5H3. The Bertz CT molecular complexity index is 878. The Morgan fingerprint density at radius 1 is 0.538 bits per heavy atom. The summed E-state index contributed by atoms with van der Waals surface area (Å²) in [7, 11) is -8.30. The second-order valence-corrected chi connectivity index (χ2v) is 14.7. The summed E-state index contributed by atoms with van der Waals surface area (Å²) >= 11 is 0. The minimum absolute atomic E-state index is 0.185. The molecule has 0 N–H and O–H groups in total. The summed E-state index contributed by atoms with van der Waals surface area (Å²) in [5, 5.41) is -6.60. The average molecular weight is 642 g/mol. The van der Waals surface area contributed by atoms with Crippen LogP contribution in [0.1, 0.15) is 34.6 Å². The van der Waals surface area contributed by atoms with Gasteiger partial charge in [0, 0.05) is 0 Å². The molecule has 234 valence electrons. The van der Waals surface area contributed by atoms with E-state index in [2.05, 4.69) is 13.6 Å². The van der Waals surface area contributed by atoms with Gasteiger partial charge in [0.2, 0.25) is 0 Å². The molecular weight excluding hydrogens is 625 g/mol. The quantitative estimate of drug-likeness (QED) is 0.223. The van der Waals surface area contributed by atoms with Crippen LogP contribution in [0.4, 0.5) is 79.0 Å². The van der Waals surface area contributed by atoms with Gasteiger partial charge in [-0.15, -0.1) is 0 Å². The van der Waals surface area contributed by atoms with Crippen LogP contribution in [0.3, 0.4) is 0 Å². The maximum atomic E-state index is 14.1. The molecular formula is C17H17F18O3P. The predicted molar refractivity (Wildman–Crippen MR) is 93.1 cm³/mol. The second-order valence-electron chi connectivity index (χ2n) is 10.0. The first kappa shape index (κ1) is 34.3. The van der Waals surface area contributed by atoms with Gasteiger partial charge in [-0.1, -0.05) is 0 Å². The van der Waals surface area contributed by atoms with Crippen LogP contribution in [0.15, 0.2) is 0 Å². The van der Waals surface area contributed by atoms with Crippen molar-refractivity contribution in [2.24, 2.45) is 5.92 Å². The monoisotopic (exact) mass is 642 g/mol. The van der Waals surface area contributed by atoms with E-state index in [4.69, 9.17) is 0 Å². The Morgan fingerprint density at radius 3 is 0.949 bits per heavy atom. The first-order valence-corrected chi connectivity index (χ1v) is 12.0. The van der Waals surface area contributed by atoms with Crippen molar-refractivity contribution in [3.8, 4) is 0 Å². The van der Waals surface area contributed by atoms with E-state index < -0.39 is 77.9 Å². The SMILES string of the molecule is CC1C(C)(C)P2(OC(C(F)(F)F)C(F)(F)F)(OC(C(F)(F)F)(C(F)(F)F)C(C(F)(F)F)(C(F)(F)F)O2)C1(C)C. The molecule has 2 saturated heterocycles. The molecule has 0 aromatic heterocycles. The molecule has 0 aliphatic carbocycles. The third kappa shape index (κ3) is 3.63. The fourth-order valence-corrected chi connectivity index (χ4v) is 12.6. The summed E-state index contributed by atoms with van der Waals surface area (Å²) < 4.78 is 262. The Morgan fingerprint density at radius 2 is 0.769 bits per heavy atom. The minimum atomic E-state index is -8.30. The molecule has 0 bridgehead atoms. The molecule has 2 fully saturated rings. The van der Waals surface area contributed by atoms with E-state index >= 15 is 0 Å². The van der Waals surface area contributed by atoms with E-state index in [0.29, 0.717) is 6.92 Å². The van der Waals surface area contributed by atoms with Gasteiger partial charge < -0.3 is 0 Å². The average Bonchev–Trinajstić information content (AvgIpc) is 2.97. The fraction of sp³-hybridized carbons (Fsp3) is 1.00. The fourth-order valence-electron chi connectivity index (χ4n) is 5.46. The van der Waals surface area contributed by atoms with Crippen molar-refractivity contribution in [2.45, 2.75) is 99.3 Å². The van der Waals surface area contributed by atoms with Gasteiger partial charge in [-0.05, 0) is 0 Å². The third-order valence-electron chi connectivity index (χ3n) is 7.70. The Labute approximate surface area is 206 Å². The molecule has 22 heteroatoms. The third-order valence-corrected chi connectivity index (χ3v) is 14.3. The molecule has 3 nitrogen and oxygen atoms in total. The molecule has 0 saturated carbocycles. The van der Waals surface area contributed by atoms with E-state index in [0.717, 1.165) is 0 Å². The number of hydrogen-bond acceptors (Lipinski definition) is 3. The molecule has 0 aromatic carbocycles. The van der Waals surface area contributed by atoms with Crippen molar-refractivity contribution in [2.75, 3.05) is 0 Å². The Hall–Kier alpha value is -0.950. The molecule has 0 amide bonds. The summed E-state index contributed by atoms with van der Waals surface area (Å²) in [4.78, 5) is 0. The van der Waals surface area contributed by atoms with Crippen LogP contribution in [0, 0.1) is 5.92 Å². The van der Waals surface area contributed by atoms with Gasteiger partial charge in [-0.25, -0.2) is 0 Å². The molecule has 2 aliphatic heterocycles. The van der Waals surface area contributed by atoms with E-state index in [1.807, 2.05) is 0 Å². The van der Waals surface area contributed by atoms with Crippen molar-refractivity contribution >= 4 is 7.28 Å². The van der Waals surface area contributed by atoms with Crippen molar-refractivity contribution in [1.29, 1.82) is 0 Å². The molecule has 1 spiro atoms. The van der Waals surface area contributed by atoms with Crippen LogP contribution < -0.4 is 0 Å². The van der Waals surface area contributed by atoms with Crippen LogP contribution in [0.5, 0.6) is 0 Å². The summed E-state index contributed by atoms with van der Waals surface area (Å²) in [6, 6.07) is 0. The van der Waals surface area contributed by atoms with Gasteiger partial charge in [0.25, 0.3) is 0 Å². The van der Waals surface area contributed by atoms with Crippen molar-refractivity contribution in [3.05, 3.63) is 0 Å². The maximum absolute atomic E-state index is 14.1. The number of alkyl halides is 18. The van der Waals surface area contributed by atoms with Gasteiger partial charge in [0.1, 0.15) is 0 Å². The second kappa shape index (κ2) is 7.90. The molecule has 0 radical (unpaired) electrons. The summed E-state index contributed by atoms with van der Waals surface area (Å²) in [5.41, 5.74) is -15.3. The van der Waals surface area contributed by atoms with Crippen molar-refractivity contribution in [3.63, 3.8) is 0 Å². The molecule has 2 rings (SSSR count). The van der Waals surface area contributed by atoms with Crippen LogP contribution >= 0.6 is 7.28 Å². The van der Waals surface area contributed by atoms with Gasteiger partial charge in [-0.3, -0.25) is 0 Å². The van der Waals surface area contributed by atoms with Crippen molar-refractivity contribution < 1.29 is 92.6 Å².